The molecule has 1 heterocycles. The number of rotatable bonds is 2. The second-order valence-corrected chi connectivity index (χ2v) is 3.41. The molecule has 0 amide bonds. The van der Waals surface area contributed by atoms with Crippen molar-refractivity contribution in [2.45, 2.75) is 6.10 Å². The summed E-state index contributed by atoms with van der Waals surface area (Å²) in [4.78, 5) is 0. The van der Waals surface area contributed by atoms with Gasteiger partial charge in [-0.3, -0.25) is 0 Å². The molecule has 0 saturated carbocycles. The third kappa shape index (κ3) is 1.54. The van der Waals surface area contributed by atoms with Crippen molar-refractivity contribution in [3.8, 4) is 11.8 Å². The molecule has 0 radical (unpaired) electrons. The molecule has 0 spiro atoms. The number of hydrogen-bond acceptors (Lipinski definition) is 3. The van der Waals surface area contributed by atoms with Gasteiger partial charge in [0.05, 0.1) is 19.3 Å². The molecule has 1 fully saturated rings. The van der Waals surface area contributed by atoms with Crippen LogP contribution in [0.5, 0.6) is 5.75 Å². The van der Waals surface area contributed by atoms with Gasteiger partial charge in [0.15, 0.2) is 0 Å². The molecule has 1 aromatic carbocycles. The van der Waals surface area contributed by atoms with Gasteiger partial charge in [0.2, 0.25) is 0 Å². The second-order valence-electron chi connectivity index (χ2n) is 3.01. The lowest BCUT2D eigenvalue weighted by Gasteiger charge is -2.06. The summed E-state index contributed by atoms with van der Waals surface area (Å²) in [5, 5.41) is 9.36. The van der Waals surface area contributed by atoms with Gasteiger partial charge in [-0.15, -0.1) is 0 Å². The number of methoxy groups -OCH3 is 1. The van der Waals surface area contributed by atoms with E-state index < -0.39 is 0 Å². The Hall–Kier alpha value is -1.24. The average Bonchev–Trinajstić information content (AvgIpc) is 3.01. The largest absolute Gasteiger partial charge is 0.495 e. The highest BCUT2D eigenvalue weighted by Crippen LogP contribution is 2.38. The Kier molecular flexibility index (Phi) is 2.32. The van der Waals surface area contributed by atoms with Crippen molar-refractivity contribution in [2.24, 2.45) is 0 Å². The van der Waals surface area contributed by atoms with E-state index in [1.807, 2.05) is 6.07 Å². The third-order valence-corrected chi connectivity index (χ3v) is 2.45. The lowest BCUT2D eigenvalue weighted by atomic mass is 10.1. The SMILES string of the molecule is COc1cc([C@H]2CO2)c(Cl)cc1C#N. The molecule has 72 valence electrons. The molecule has 0 bridgehead atoms. The van der Waals surface area contributed by atoms with E-state index in [0.29, 0.717) is 22.9 Å². The van der Waals surface area contributed by atoms with Crippen molar-refractivity contribution in [1.82, 2.24) is 0 Å². The summed E-state index contributed by atoms with van der Waals surface area (Å²) >= 11 is 5.99. The third-order valence-electron chi connectivity index (χ3n) is 2.12. The van der Waals surface area contributed by atoms with Gasteiger partial charge in [0.1, 0.15) is 17.9 Å². The minimum Gasteiger partial charge on any atom is -0.495 e. The summed E-state index contributed by atoms with van der Waals surface area (Å²) < 4.78 is 10.2. The van der Waals surface area contributed by atoms with Gasteiger partial charge in [0, 0.05) is 10.6 Å². The Morgan fingerprint density at radius 2 is 2.36 bits per heavy atom. The Labute approximate surface area is 86.8 Å². The molecule has 4 heteroatoms. The number of nitriles is 1. The van der Waals surface area contributed by atoms with Gasteiger partial charge in [-0.1, -0.05) is 11.6 Å². The maximum Gasteiger partial charge on any atom is 0.137 e. The van der Waals surface area contributed by atoms with E-state index in [4.69, 9.17) is 26.3 Å². The zero-order valence-corrected chi connectivity index (χ0v) is 8.34. The number of epoxide rings is 1. The summed E-state index contributed by atoms with van der Waals surface area (Å²) in [6.07, 6.45) is 0.0733. The Bertz CT molecular complexity index is 407. The summed E-state index contributed by atoms with van der Waals surface area (Å²) in [6.45, 7) is 0.689. The summed E-state index contributed by atoms with van der Waals surface area (Å²) in [5.74, 6) is 0.544. The predicted molar refractivity (Wildman–Crippen MR) is 51.4 cm³/mol. The lowest BCUT2D eigenvalue weighted by Crippen LogP contribution is -1.92. The Morgan fingerprint density at radius 1 is 1.64 bits per heavy atom. The predicted octanol–water partition coefficient (Wildman–Crippen LogP) is 2.29. The van der Waals surface area contributed by atoms with Crippen molar-refractivity contribution in [2.75, 3.05) is 13.7 Å². The average molecular weight is 210 g/mol. The van der Waals surface area contributed by atoms with Crippen LogP contribution < -0.4 is 4.74 Å². The number of benzene rings is 1. The first-order valence-electron chi connectivity index (χ1n) is 4.15. The quantitative estimate of drug-likeness (QED) is 0.702. The van der Waals surface area contributed by atoms with Crippen molar-refractivity contribution in [3.63, 3.8) is 0 Å². The van der Waals surface area contributed by atoms with Crippen molar-refractivity contribution in [1.29, 1.82) is 5.26 Å². The van der Waals surface area contributed by atoms with Crippen LogP contribution in [-0.2, 0) is 4.74 Å². The van der Waals surface area contributed by atoms with Crippen LogP contribution in [-0.4, -0.2) is 13.7 Å². The van der Waals surface area contributed by atoms with E-state index in [0.717, 1.165) is 5.56 Å². The number of hydrogen-bond donors (Lipinski definition) is 0. The van der Waals surface area contributed by atoms with Gasteiger partial charge < -0.3 is 9.47 Å². The van der Waals surface area contributed by atoms with E-state index >= 15 is 0 Å². The summed E-state index contributed by atoms with van der Waals surface area (Å²) in [7, 11) is 1.53. The molecule has 1 aliphatic rings. The minimum atomic E-state index is 0.0733. The van der Waals surface area contributed by atoms with Crippen molar-refractivity contribution in [3.05, 3.63) is 28.3 Å². The second kappa shape index (κ2) is 3.49. The first kappa shape index (κ1) is 9.32. The highest BCUT2D eigenvalue weighted by molar-refractivity contribution is 6.31. The molecule has 1 aliphatic heterocycles. The molecule has 0 aliphatic carbocycles. The van der Waals surface area contributed by atoms with E-state index in [-0.39, 0.29) is 6.10 Å². The summed E-state index contributed by atoms with van der Waals surface area (Å²) in [5.41, 5.74) is 1.34. The van der Waals surface area contributed by atoms with Gasteiger partial charge in [-0.25, -0.2) is 0 Å². The van der Waals surface area contributed by atoms with Crippen LogP contribution in [0.25, 0.3) is 0 Å². The first-order valence-corrected chi connectivity index (χ1v) is 4.53. The normalized spacial score (nSPS) is 18.8. The lowest BCUT2D eigenvalue weighted by molar-refractivity contribution is 0.404. The van der Waals surface area contributed by atoms with Crippen molar-refractivity contribution >= 4 is 11.6 Å². The monoisotopic (exact) mass is 209 g/mol. The van der Waals surface area contributed by atoms with Crippen LogP contribution in [0.3, 0.4) is 0 Å². The molecule has 1 atom stereocenters. The van der Waals surface area contributed by atoms with E-state index in [1.54, 1.807) is 12.1 Å². The molecule has 2 rings (SSSR count). The minimum absolute atomic E-state index is 0.0733. The number of ether oxygens (including phenoxy) is 2. The van der Waals surface area contributed by atoms with Crippen LogP contribution in [0, 0.1) is 11.3 Å². The summed E-state index contributed by atoms with van der Waals surface area (Å²) in [6, 6.07) is 5.39. The zero-order valence-electron chi connectivity index (χ0n) is 7.58. The highest BCUT2D eigenvalue weighted by Gasteiger charge is 2.28. The highest BCUT2D eigenvalue weighted by atomic mass is 35.5. The maximum atomic E-state index is 8.80. The van der Waals surface area contributed by atoms with Gasteiger partial charge in [0.25, 0.3) is 0 Å². The maximum absolute atomic E-state index is 8.80. The van der Waals surface area contributed by atoms with Crippen LogP contribution in [0.2, 0.25) is 5.02 Å². The molecule has 3 nitrogen and oxygen atoms in total. The Morgan fingerprint density at radius 3 is 2.86 bits per heavy atom. The van der Waals surface area contributed by atoms with Crippen LogP contribution in [0.4, 0.5) is 0 Å². The topological polar surface area (TPSA) is 45.5 Å². The van der Waals surface area contributed by atoms with Gasteiger partial charge in [-0.2, -0.15) is 5.26 Å². The van der Waals surface area contributed by atoms with Crippen molar-refractivity contribution < 1.29 is 9.47 Å². The standard InChI is InChI=1S/C10H8ClNO2/c1-13-9-3-7(10-5-14-10)8(11)2-6(9)4-12/h2-3,10H,5H2,1H3/t10-/m1/s1. The smallest absolute Gasteiger partial charge is 0.137 e. The first-order chi connectivity index (χ1) is 6.76. The molecule has 0 aromatic heterocycles. The van der Waals surface area contributed by atoms with E-state index in [9.17, 15) is 0 Å². The molecule has 0 unspecified atom stereocenters. The fourth-order valence-electron chi connectivity index (χ4n) is 1.30. The van der Waals surface area contributed by atoms with E-state index in [2.05, 4.69) is 0 Å². The zero-order chi connectivity index (χ0) is 10.1. The van der Waals surface area contributed by atoms with Crippen LogP contribution >= 0.6 is 11.6 Å². The fourth-order valence-corrected chi connectivity index (χ4v) is 1.59. The fraction of sp³-hybridized carbons (Fsp3) is 0.300. The molecule has 0 N–H and O–H groups in total. The molecule has 1 aromatic rings. The van der Waals surface area contributed by atoms with E-state index in [1.165, 1.54) is 7.11 Å². The van der Waals surface area contributed by atoms with Crippen LogP contribution in [0.15, 0.2) is 12.1 Å². The van der Waals surface area contributed by atoms with Gasteiger partial charge in [-0.05, 0) is 12.1 Å². The molecular formula is C10H8ClNO2. The molecule has 14 heavy (non-hydrogen) atoms. The number of halogens is 1. The molecular weight excluding hydrogens is 202 g/mol. The van der Waals surface area contributed by atoms with Gasteiger partial charge >= 0.3 is 0 Å². The number of nitrogens with zero attached hydrogens (tertiary/aromatic N) is 1. The Balaban J connectivity index is 2.49. The van der Waals surface area contributed by atoms with Crippen LogP contribution in [0.1, 0.15) is 17.2 Å². The molecule has 1 saturated heterocycles.